The Bertz CT molecular complexity index is 373. The highest BCUT2D eigenvalue weighted by Crippen LogP contribution is 2.20. The molecular weight excluding hydrogens is 180 g/mol. The number of nitrogens with zero attached hydrogens (tertiary/aromatic N) is 4. The van der Waals surface area contributed by atoms with Crippen LogP contribution in [0.25, 0.3) is 0 Å². The van der Waals surface area contributed by atoms with E-state index in [0.717, 1.165) is 13.0 Å². The van der Waals surface area contributed by atoms with Crippen LogP contribution in [0.2, 0.25) is 0 Å². The Hall–Kier alpha value is -1.67. The van der Waals surface area contributed by atoms with Crippen LogP contribution in [0, 0.1) is 11.3 Å². The lowest BCUT2D eigenvalue weighted by atomic mass is 10.3. The first-order chi connectivity index (χ1) is 6.81. The van der Waals surface area contributed by atoms with Gasteiger partial charge in [-0.05, 0) is 12.5 Å². The number of hydrogen-bond donors (Lipinski definition) is 1. The van der Waals surface area contributed by atoms with Gasteiger partial charge in [-0.3, -0.25) is 0 Å². The van der Waals surface area contributed by atoms with Crippen LogP contribution in [0.1, 0.15) is 12.0 Å². The molecule has 0 amide bonds. The highest BCUT2D eigenvalue weighted by Gasteiger charge is 2.23. The summed E-state index contributed by atoms with van der Waals surface area (Å²) in [4.78, 5) is 1.89. The van der Waals surface area contributed by atoms with E-state index in [-0.39, 0.29) is 6.10 Å². The molecule has 0 aliphatic carbocycles. The van der Waals surface area contributed by atoms with Gasteiger partial charge >= 0.3 is 0 Å². The zero-order chi connectivity index (χ0) is 9.97. The molecule has 0 aromatic carbocycles. The van der Waals surface area contributed by atoms with Crippen molar-refractivity contribution in [2.75, 3.05) is 18.0 Å². The predicted octanol–water partition coefficient (Wildman–Crippen LogP) is -0.0807. The van der Waals surface area contributed by atoms with E-state index in [9.17, 15) is 5.11 Å². The average molecular weight is 190 g/mol. The lowest BCUT2D eigenvalue weighted by Crippen LogP contribution is -2.23. The molecule has 0 bridgehead atoms. The van der Waals surface area contributed by atoms with E-state index in [4.69, 9.17) is 5.26 Å². The average Bonchev–Trinajstić information content (AvgIpc) is 2.65. The second-order valence-electron chi connectivity index (χ2n) is 3.27. The zero-order valence-corrected chi connectivity index (χ0v) is 7.59. The highest BCUT2D eigenvalue weighted by atomic mass is 16.3. The molecule has 1 aromatic heterocycles. The Labute approximate surface area is 81.6 Å². The van der Waals surface area contributed by atoms with E-state index >= 15 is 0 Å². The summed E-state index contributed by atoms with van der Waals surface area (Å²) in [5, 5.41) is 25.8. The van der Waals surface area contributed by atoms with Crippen LogP contribution in [0.3, 0.4) is 0 Å². The second-order valence-corrected chi connectivity index (χ2v) is 3.27. The van der Waals surface area contributed by atoms with Gasteiger partial charge in [0.15, 0.2) is 5.82 Å². The fourth-order valence-electron chi connectivity index (χ4n) is 1.58. The van der Waals surface area contributed by atoms with Gasteiger partial charge in [-0.1, -0.05) is 0 Å². The van der Waals surface area contributed by atoms with Gasteiger partial charge in [-0.25, -0.2) is 0 Å². The molecule has 1 aliphatic rings. The molecular formula is C9H10N4O. The van der Waals surface area contributed by atoms with Gasteiger partial charge < -0.3 is 10.0 Å². The summed E-state index contributed by atoms with van der Waals surface area (Å²) in [7, 11) is 0. The van der Waals surface area contributed by atoms with E-state index in [1.54, 1.807) is 6.07 Å². The lowest BCUT2D eigenvalue weighted by molar-refractivity contribution is 0.198. The van der Waals surface area contributed by atoms with Crippen LogP contribution >= 0.6 is 0 Å². The molecule has 5 heteroatoms. The molecule has 5 nitrogen and oxygen atoms in total. The van der Waals surface area contributed by atoms with Crippen molar-refractivity contribution in [2.24, 2.45) is 0 Å². The van der Waals surface area contributed by atoms with Crippen LogP contribution in [0.15, 0.2) is 12.3 Å². The van der Waals surface area contributed by atoms with E-state index in [1.165, 1.54) is 6.20 Å². The quantitative estimate of drug-likeness (QED) is 0.670. The smallest absolute Gasteiger partial charge is 0.169 e. The summed E-state index contributed by atoms with van der Waals surface area (Å²) in [5.74, 6) is 0.576. The monoisotopic (exact) mass is 190 g/mol. The molecule has 1 fully saturated rings. The standard InChI is InChI=1S/C9H10N4O/c10-5-7-1-3-11-12-9(7)13-4-2-8(14)6-13/h1,3,8,14H,2,4,6H2. The van der Waals surface area contributed by atoms with Crippen molar-refractivity contribution in [3.05, 3.63) is 17.8 Å². The van der Waals surface area contributed by atoms with Gasteiger partial charge in [-0.15, -0.1) is 5.10 Å². The number of hydrogen-bond acceptors (Lipinski definition) is 5. The molecule has 0 spiro atoms. The first kappa shape index (κ1) is 8.91. The molecule has 2 rings (SSSR count). The summed E-state index contributed by atoms with van der Waals surface area (Å²) in [6.07, 6.45) is 1.90. The molecule has 1 saturated heterocycles. The van der Waals surface area contributed by atoms with Crippen molar-refractivity contribution >= 4 is 5.82 Å². The minimum Gasteiger partial charge on any atom is -0.391 e. The molecule has 1 aromatic rings. The van der Waals surface area contributed by atoms with Crippen molar-refractivity contribution in [1.29, 1.82) is 5.26 Å². The van der Waals surface area contributed by atoms with Crippen LogP contribution in [-0.2, 0) is 0 Å². The Kier molecular flexibility index (Phi) is 2.29. The molecule has 0 radical (unpaired) electrons. The lowest BCUT2D eigenvalue weighted by Gasteiger charge is -2.16. The first-order valence-electron chi connectivity index (χ1n) is 4.46. The largest absolute Gasteiger partial charge is 0.391 e. The predicted molar refractivity (Wildman–Crippen MR) is 49.6 cm³/mol. The Morgan fingerprint density at radius 2 is 2.50 bits per heavy atom. The van der Waals surface area contributed by atoms with Crippen molar-refractivity contribution in [3.8, 4) is 6.07 Å². The van der Waals surface area contributed by atoms with E-state index in [0.29, 0.717) is 17.9 Å². The van der Waals surface area contributed by atoms with Gasteiger partial charge in [0, 0.05) is 13.1 Å². The maximum atomic E-state index is 9.35. The highest BCUT2D eigenvalue weighted by molar-refractivity contribution is 5.53. The number of aliphatic hydroxyl groups is 1. The third-order valence-electron chi connectivity index (χ3n) is 2.28. The van der Waals surface area contributed by atoms with Crippen LogP contribution < -0.4 is 4.90 Å². The van der Waals surface area contributed by atoms with Crippen LogP contribution in [0.5, 0.6) is 0 Å². The van der Waals surface area contributed by atoms with Gasteiger partial charge in [0.25, 0.3) is 0 Å². The maximum absolute atomic E-state index is 9.35. The fourth-order valence-corrected chi connectivity index (χ4v) is 1.58. The van der Waals surface area contributed by atoms with Crippen LogP contribution in [-0.4, -0.2) is 34.5 Å². The Morgan fingerprint density at radius 1 is 1.64 bits per heavy atom. The summed E-state index contributed by atoms with van der Waals surface area (Å²) >= 11 is 0. The molecule has 14 heavy (non-hydrogen) atoms. The maximum Gasteiger partial charge on any atom is 0.169 e. The zero-order valence-electron chi connectivity index (χ0n) is 7.59. The van der Waals surface area contributed by atoms with E-state index in [2.05, 4.69) is 16.3 Å². The Morgan fingerprint density at radius 3 is 3.14 bits per heavy atom. The molecule has 1 aliphatic heterocycles. The summed E-state index contributed by atoms with van der Waals surface area (Å²) < 4.78 is 0. The molecule has 0 saturated carbocycles. The number of β-amino-alcohol motifs (C(OH)–C–C–N with tert-alkyl or cyclic N) is 1. The molecule has 1 atom stereocenters. The van der Waals surface area contributed by atoms with Crippen molar-refractivity contribution in [1.82, 2.24) is 10.2 Å². The minimum absolute atomic E-state index is 0.316. The topological polar surface area (TPSA) is 73.0 Å². The van der Waals surface area contributed by atoms with Crippen LogP contribution in [0.4, 0.5) is 5.82 Å². The number of aliphatic hydroxyl groups excluding tert-OH is 1. The summed E-state index contributed by atoms with van der Waals surface area (Å²) in [5.41, 5.74) is 0.508. The van der Waals surface area contributed by atoms with E-state index < -0.39 is 0 Å². The number of nitriles is 1. The number of aromatic nitrogens is 2. The summed E-state index contributed by atoms with van der Waals surface area (Å²) in [6, 6.07) is 3.69. The normalized spacial score (nSPS) is 20.9. The first-order valence-corrected chi connectivity index (χ1v) is 4.46. The third-order valence-corrected chi connectivity index (χ3v) is 2.28. The van der Waals surface area contributed by atoms with Gasteiger partial charge in [-0.2, -0.15) is 10.4 Å². The Balaban J connectivity index is 2.28. The molecule has 2 heterocycles. The summed E-state index contributed by atoms with van der Waals surface area (Å²) in [6.45, 7) is 1.27. The molecule has 72 valence electrons. The SMILES string of the molecule is N#Cc1ccnnc1N1CCC(O)C1. The van der Waals surface area contributed by atoms with Crippen molar-refractivity contribution < 1.29 is 5.11 Å². The second kappa shape index (κ2) is 3.60. The van der Waals surface area contributed by atoms with Gasteiger partial charge in [0.1, 0.15) is 6.07 Å². The minimum atomic E-state index is -0.316. The van der Waals surface area contributed by atoms with E-state index in [1.807, 2.05) is 4.90 Å². The van der Waals surface area contributed by atoms with Crippen molar-refractivity contribution in [2.45, 2.75) is 12.5 Å². The molecule has 1 N–H and O–H groups in total. The third kappa shape index (κ3) is 1.52. The number of rotatable bonds is 1. The van der Waals surface area contributed by atoms with Gasteiger partial charge in [0.05, 0.1) is 17.9 Å². The number of anilines is 1. The van der Waals surface area contributed by atoms with Crippen molar-refractivity contribution in [3.63, 3.8) is 0 Å². The molecule has 1 unspecified atom stereocenters. The van der Waals surface area contributed by atoms with Gasteiger partial charge in [0.2, 0.25) is 0 Å². The fraction of sp³-hybridized carbons (Fsp3) is 0.444.